The number of hydrogen-bond acceptors (Lipinski definition) is 5. The summed E-state index contributed by atoms with van der Waals surface area (Å²) in [4.78, 5) is 8.54. The summed E-state index contributed by atoms with van der Waals surface area (Å²) in [6.07, 6.45) is 2.51. The lowest BCUT2D eigenvalue weighted by Crippen LogP contribution is -2.37. The van der Waals surface area contributed by atoms with Gasteiger partial charge in [-0.1, -0.05) is 0 Å². The first-order chi connectivity index (χ1) is 9.15. The van der Waals surface area contributed by atoms with Gasteiger partial charge in [-0.3, -0.25) is 0 Å². The second-order valence-corrected chi connectivity index (χ2v) is 6.38. The number of ether oxygens (including phenoxy) is 1. The Morgan fingerprint density at radius 2 is 2.37 bits per heavy atom. The molecule has 0 bridgehead atoms. The average molecular weight is 283 g/mol. The summed E-state index contributed by atoms with van der Waals surface area (Å²) in [6, 6.07) is 0.380. The van der Waals surface area contributed by atoms with E-state index in [4.69, 9.17) is 9.72 Å². The van der Waals surface area contributed by atoms with Crippen molar-refractivity contribution < 1.29 is 4.74 Å². The number of anilines is 1. The molecule has 2 unspecified atom stereocenters. The van der Waals surface area contributed by atoms with E-state index in [1.165, 1.54) is 22.9 Å². The van der Waals surface area contributed by atoms with Crippen LogP contribution in [0.25, 0.3) is 0 Å². The van der Waals surface area contributed by atoms with Crippen LogP contribution in [0.5, 0.6) is 0 Å². The molecule has 1 aliphatic rings. The first kappa shape index (κ1) is 14.8. The number of hydrogen-bond donors (Lipinski definition) is 1. The second kappa shape index (κ2) is 6.68. The molecule has 4 nitrogen and oxygen atoms in total. The quantitative estimate of drug-likeness (QED) is 0.901. The van der Waals surface area contributed by atoms with E-state index in [0.29, 0.717) is 12.0 Å². The monoisotopic (exact) mass is 283 g/mol. The summed E-state index contributed by atoms with van der Waals surface area (Å²) in [7, 11) is 3.79. The van der Waals surface area contributed by atoms with Gasteiger partial charge in [-0.15, -0.1) is 11.3 Å². The van der Waals surface area contributed by atoms with Crippen LogP contribution in [0.4, 0.5) is 5.13 Å². The Labute approximate surface area is 120 Å². The maximum Gasteiger partial charge on any atom is 0.185 e. The molecule has 1 saturated heterocycles. The Balaban J connectivity index is 2.09. The molecule has 1 fully saturated rings. The van der Waals surface area contributed by atoms with Gasteiger partial charge in [-0.2, -0.15) is 0 Å². The van der Waals surface area contributed by atoms with E-state index in [1.807, 2.05) is 18.4 Å². The Kier molecular flexibility index (Phi) is 5.19. The molecular formula is C14H25N3OS. The fraction of sp³-hybridized carbons (Fsp3) is 0.786. The molecule has 5 heteroatoms. The van der Waals surface area contributed by atoms with Crippen molar-refractivity contribution in [3.63, 3.8) is 0 Å². The molecule has 0 spiro atoms. The van der Waals surface area contributed by atoms with E-state index in [1.54, 1.807) is 7.11 Å². The predicted molar refractivity (Wildman–Crippen MR) is 81.1 cm³/mol. The molecule has 19 heavy (non-hydrogen) atoms. The third-order valence-corrected chi connectivity index (χ3v) is 5.24. The van der Waals surface area contributed by atoms with Crippen LogP contribution in [0, 0.1) is 12.8 Å². The van der Waals surface area contributed by atoms with Gasteiger partial charge in [0, 0.05) is 31.1 Å². The average Bonchev–Trinajstić information content (AvgIpc) is 2.81. The number of aromatic nitrogens is 1. The molecule has 0 aliphatic carbocycles. The maximum atomic E-state index is 5.30. The number of thiazole rings is 1. The van der Waals surface area contributed by atoms with Crippen LogP contribution in [0.2, 0.25) is 0 Å². The number of nitrogens with one attached hydrogen (secondary N) is 1. The molecule has 0 aromatic carbocycles. The highest BCUT2D eigenvalue weighted by atomic mass is 32.1. The van der Waals surface area contributed by atoms with E-state index in [-0.39, 0.29) is 0 Å². The Bertz CT molecular complexity index is 405. The Morgan fingerprint density at radius 3 is 3.05 bits per heavy atom. The van der Waals surface area contributed by atoms with Gasteiger partial charge in [0.2, 0.25) is 0 Å². The van der Waals surface area contributed by atoms with Crippen molar-refractivity contribution in [2.24, 2.45) is 5.92 Å². The van der Waals surface area contributed by atoms with Crippen LogP contribution < -0.4 is 10.2 Å². The van der Waals surface area contributed by atoms with Gasteiger partial charge >= 0.3 is 0 Å². The number of nitrogens with zero attached hydrogens (tertiary/aromatic N) is 2. The Hall–Kier alpha value is -0.650. The van der Waals surface area contributed by atoms with Crippen LogP contribution in [0.1, 0.15) is 36.4 Å². The fourth-order valence-corrected chi connectivity index (χ4v) is 3.83. The maximum absolute atomic E-state index is 5.30. The highest BCUT2D eigenvalue weighted by Gasteiger charge is 2.23. The van der Waals surface area contributed by atoms with E-state index < -0.39 is 0 Å². The van der Waals surface area contributed by atoms with Crippen molar-refractivity contribution in [1.29, 1.82) is 0 Å². The van der Waals surface area contributed by atoms with Crippen LogP contribution in [-0.2, 0) is 4.74 Å². The molecule has 1 aromatic heterocycles. The van der Waals surface area contributed by atoms with Crippen LogP contribution in [-0.4, -0.2) is 38.8 Å². The van der Waals surface area contributed by atoms with Crippen LogP contribution in [0.3, 0.4) is 0 Å². The summed E-state index contributed by atoms with van der Waals surface area (Å²) >= 11 is 1.83. The summed E-state index contributed by atoms with van der Waals surface area (Å²) < 4.78 is 5.30. The third kappa shape index (κ3) is 3.46. The molecule has 0 saturated carbocycles. The van der Waals surface area contributed by atoms with Crippen molar-refractivity contribution in [3.05, 3.63) is 10.6 Å². The number of piperidine rings is 1. The highest BCUT2D eigenvalue weighted by molar-refractivity contribution is 7.15. The van der Waals surface area contributed by atoms with Crippen molar-refractivity contribution in [2.75, 3.05) is 38.8 Å². The number of methoxy groups -OCH3 is 1. The molecule has 2 heterocycles. The van der Waals surface area contributed by atoms with Crippen molar-refractivity contribution in [3.8, 4) is 0 Å². The molecule has 1 aliphatic heterocycles. The molecule has 2 rings (SSSR count). The van der Waals surface area contributed by atoms with Gasteiger partial charge < -0.3 is 15.0 Å². The topological polar surface area (TPSA) is 37.4 Å². The van der Waals surface area contributed by atoms with Crippen LogP contribution in [0.15, 0.2) is 0 Å². The van der Waals surface area contributed by atoms with E-state index in [0.717, 1.165) is 25.4 Å². The molecule has 1 N–H and O–H groups in total. The molecule has 2 atom stereocenters. The first-order valence-electron chi connectivity index (χ1n) is 7.04. The normalized spacial score (nSPS) is 21.7. The van der Waals surface area contributed by atoms with Gasteiger partial charge in [-0.05, 0) is 39.7 Å². The number of rotatable bonds is 5. The summed E-state index contributed by atoms with van der Waals surface area (Å²) in [6.45, 7) is 7.36. The van der Waals surface area contributed by atoms with E-state index in [2.05, 4.69) is 24.1 Å². The largest absolute Gasteiger partial charge is 0.384 e. The molecule has 0 amide bonds. The second-order valence-electron chi connectivity index (χ2n) is 5.37. The predicted octanol–water partition coefficient (Wildman–Crippen LogP) is 2.59. The summed E-state index contributed by atoms with van der Waals surface area (Å²) in [5, 5.41) is 4.48. The molecule has 0 radical (unpaired) electrons. The minimum atomic E-state index is 0.380. The van der Waals surface area contributed by atoms with Crippen molar-refractivity contribution >= 4 is 16.5 Å². The SMILES string of the molecule is CNC(C)c1sc(N2CCCC(COC)C2)nc1C. The van der Waals surface area contributed by atoms with Gasteiger partial charge in [-0.25, -0.2) is 4.98 Å². The van der Waals surface area contributed by atoms with Crippen LogP contribution >= 0.6 is 11.3 Å². The van der Waals surface area contributed by atoms with E-state index >= 15 is 0 Å². The molecule has 108 valence electrons. The summed E-state index contributed by atoms with van der Waals surface area (Å²) in [5.41, 5.74) is 1.16. The van der Waals surface area contributed by atoms with Gasteiger partial charge in [0.1, 0.15) is 0 Å². The molecule has 1 aromatic rings. The highest BCUT2D eigenvalue weighted by Crippen LogP contribution is 2.32. The first-order valence-corrected chi connectivity index (χ1v) is 7.85. The van der Waals surface area contributed by atoms with Crippen molar-refractivity contribution in [2.45, 2.75) is 32.7 Å². The lowest BCUT2D eigenvalue weighted by Gasteiger charge is -2.32. The zero-order chi connectivity index (χ0) is 13.8. The molecular weight excluding hydrogens is 258 g/mol. The summed E-state index contributed by atoms with van der Waals surface area (Å²) in [5.74, 6) is 0.646. The lowest BCUT2D eigenvalue weighted by atomic mass is 9.99. The standard InChI is InChI=1S/C14H25N3OS/c1-10(15-3)13-11(2)16-14(19-13)17-7-5-6-12(8-17)9-18-4/h10,12,15H,5-9H2,1-4H3. The van der Waals surface area contributed by atoms with Gasteiger partial charge in [0.15, 0.2) is 5.13 Å². The van der Waals surface area contributed by atoms with Gasteiger partial charge in [0.05, 0.1) is 12.3 Å². The fourth-order valence-electron chi connectivity index (χ4n) is 2.67. The van der Waals surface area contributed by atoms with Crippen molar-refractivity contribution in [1.82, 2.24) is 10.3 Å². The lowest BCUT2D eigenvalue weighted by molar-refractivity contribution is 0.143. The zero-order valence-corrected chi connectivity index (χ0v) is 13.2. The Morgan fingerprint density at radius 1 is 1.58 bits per heavy atom. The minimum Gasteiger partial charge on any atom is -0.384 e. The van der Waals surface area contributed by atoms with Gasteiger partial charge in [0.25, 0.3) is 0 Å². The minimum absolute atomic E-state index is 0.380. The third-order valence-electron chi connectivity index (χ3n) is 3.84. The smallest absolute Gasteiger partial charge is 0.185 e. The van der Waals surface area contributed by atoms with E-state index in [9.17, 15) is 0 Å². The zero-order valence-electron chi connectivity index (χ0n) is 12.4. The number of aryl methyl sites for hydroxylation is 1.